The van der Waals surface area contributed by atoms with Crippen LogP contribution in [0, 0.1) is 6.92 Å². The molecule has 2 heterocycles. The summed E-state index contributed by atoms with van der Waals surface area (Å²) in [6, 6.07) is 1.78. The smallest absolute Gasteiger partial charge is 0.294 e. The average Bonchev–Trinajstić information content (AvgIpc) is 2.86. The summed E-state index contributed by atoms with van der Waals surface area (Å²) in [4.78, 5) is 15.5. The number of nitrogens with zero attached hydrogens (tertiary/aromatic N) is 2. The summed E-state index contributed by atoms with van der Waals surface area (Å²) >= 11 is 0. The molecular weight excluding hydrogens is 208 g/mol. The Balaban J connectivity index is 2.11. The third-order valence-electron chi connectivity index (χ3n) is 2.21. The van der Waals surface area contributed by atoms with Crippen molar-refractivity contribution >= 4 is 11.7 Å². The van der Waals surface area contributed by atoms with Gasteiger partial charge in [-0.2, -0.15) is 5.10 Å². The van der Waals surface area contributed by atoms with Crippen LogP contribution in [0.2, 0.25) is 0 Å². The minimum Gasteiger partial charge on any atom is -0.438 e. The predicted octanol–water partition coefficient (Wildman–Crippen LogP) is 1.52. The van der Waals surface area contributed by atoms with Gasteiger partial charge >= 0.3 is 0 Å². The number of amides is 1. The van der Waals surface area contributed by atoms with Crippen LogP contribution in [-0.2, 0) is 6.42 Å². The van der Waals surface area contributed by atoms with Gasteiger partial charge in [-0.15, -0.1) is 0 Å². The molecule has 0 aromatic carbocycles. The van der Waals surface area contributed by atoms with E-state index in [0.29, 0.717) is 11.5 Å². The fourth-order valence-electron chi connectivity index (χ4n) is 1.30. The van der Waals surface area contributed by atoms with Crippen molar-refractivity contribution in [2.45, 2.75) is 20.3 Å². The summed E-state index contributed by atoms with van der Waals surface area (Å²) in [6.45, 7) is 3.71. The van der Waals surface area contributed by atoms with Gasteiger partial charge in [0.2, 0.25) is 5.76 Å². The highest BCUT2D eigenvalue weighted by Crippen LogP contribution is 2.10. The topological polar surface area (TPSA) is 83.8 Å². The number of rotatable bonds is 3. The second-order valence-corrected chi connectivity index (χ2v) is 3.35. The first-order chi connectivity index (χ1) is 7.70. The molecule has 2 aromatic heterocycles. The van der Waals surface area contributed by atoms with Gasteiger partial charge in [0.25, 0.3) is 5.91 Å². The Morgan fingerprint density at radius 1 is 1.62 bits per heavy atom. The van der Waals surface area contributed by atoms with E-state index in [2.05, 4.69) is 20.5 Å². The van der Waals surface area contributed by atoms with Crippen LogP contribution in [0.3, 0.4) is 0 Å². The molecule has 84 valence electrons. The molecule has 0 fully saturated rings. The van der Waals surface area contributed by atoms with E-state index in [1.165, 1.54) is 6.39 Å². The summed E-state index contributed by atoms with van der Waals surface area (Å²) in [7, 11) is 0. The first-order valence-electron chi connectivity index (χ1n) is 4.96. The van der Waals surface area contributed by atoms with Crippen LogP contribution in [0.5, 0.6) is 0 Å². The van der Waals surface area contributed by atoms with Gasteiger partial charge in [-0.3, -0.25) is 9.89 Å². The molecule has 2 rings (SSSR count). The molecular formula is C10H12N4O2. The lowest BCUT2D eigenvalue weighted by Crippen LogP contribution is -2.12. The summed E-state index contributed by atoms with van der Waals surface area (Å²) in [5, 5.41) is 9.38. The predicted molar refractivity (Wildman–Crippen MR) is 57.2 cm³/mol. The number of carbonyl (C=O) groups excluding carboxylic acids is 1. The molecule has 0 aliphatic rings. The minimum absolute atomic E-state index is 0.209. The van der Waals surface area contributed by atoms with Crippen molar-refractivity contribution in [3.8, 4) is 0 Å². The number of aromatic amines is 1. The maximum atomic E-state index is 11.7. The van der Waals surface area contributed by atoms with Gasteiger partial charge in [-0.05, 0) is 13.3 Å². The SMILES string of the molecule is CCc1cc(NC(=O)c2ocnc2C)n[nH]1. The largest absolute Gasteiger partial charge is 0.438 e. The van der Waals surface area contributed by atoms with Gasteiger partial charge in [0.05, 0.1) is 5.69 Å². The molecule has 0 aliphatic carbocycles. The maximum absolute atomic E-state index is 11.7. The molecule has 2 N–H and O–H groups in total. The number of hydrogen-bond donors (Lipinski definition) is 2. The molecule has 1 amide bonds. The van der Waals surface area contributed by atoms with E-state index in [9.17, 15) is 4.79 Å². The van der Waals surface area contributed by atoms with Gasteiger partial charge in [-0.25, -0.2) is 4.98 Å². The Hall–Kier alpha value is -2.11. The lowest BCUT2D eigenvalue weighted by atomic mass is 10.3. The van der Waals surface area contributed by atoms with E-state index in [4.69, 9.17) is 4.42 Å². The zero-order valence-electron chi connectivity index (χ0n) is 9.07. The van der Waals surface area contributed by atoms with E-state index >= 15 is 0 Å². The molecule has 6 nitrogen and oxygen atoms in total. The summed E-state index contributed by atoms with van der Waals surface area (Å²) < 4.78 is 4.97. The zero-order valence-corrected chi connectivity index (χ0v) is 9.07. The number of aryl methyl sites for hydroxylation is 2. The van der Waals surface area contributed by atoms with Crippen LogP contribution >= 0.6 is 0 Å². The normalized spacial score (nSPS) is 10.4. The lowest BCUT2D eigenvalue weighted by Gasteiger charge is -1.97. The van der Waals surface area contributed by atoms with E-state index in [-0.39, 0.29) is 11.7 Å². The van der Waals surface area contributed by atoms with Crippen molar-refractivity contribution in [3.63, 3.8) is 0 Å². The molecule has 0 atom stereocenters. The molecule has 0 radical (unpaired) electrons. The number of aromatic nitrogens is 3. The summed E-state index contributed by atoms with van der Waals surface area (Å²) in [6.07, 6.45) is 2.08. The highest BCUT2D eigenvalue weighted by molar-refractivity contribution is 6.02. The van der Waals surface area contributed by atoms with Crippen molar-refractivity contribution in [2.75, 3.05) is 5.32 Å². The van der Waals surface area contributed by atoms with E-state index in [0.717, 1.165) is 12.1 Å². The number of oxazole rings is 1. The molecule has 0 saturated heterocycles. The summed E-state index contributed by atoms with van der Waals surface area (Å²) in [5.41, 5.74) is 1.52. The zero-order chi connectivity index (χ0) is 11.5. The number of hydrogen-bond acceptors (Lipinski definition) is 4. The quantitative estimate of drug-likeness (QED) is 0.821. The molecule has 16 heavy (non-hydrogen) atoms. The van der Waals surface area contributed by atoms with Crippen LogP contribution in [-0.4, -0.2) is 21.1 Å². The standard InChI is InChI=1S/C10H12N4O2/c1-3-7-4-8(14-13-7)12-10(15)9-6(2)11-5-16-9/h4-5H,3H2,1-2H3,(H2,12,13,14,15). The van der Waals surface area contributed by atoms with Crippen molar-refractivity contribution in [2.24, 2.45) is 0 Å². The molecule has 2 aromatic rings. The summed E-state index contributed by atoms with van der Waals surface area (Å²) in [5.74, 6) is 0.350. The highest BCUT2D eigenvalue weighted by atomic mass is 16.3. The second-order valence-electron chi connectivity index (χ2n) is 3.35. The Kier molecular flexibility index (Phi) is 2.72. The van der Waals surface area contributed by atoms with Crippen LogP contribution in [0.15, 0.2) is 16.9 Å². The van der Waals surface area contributed by atoms with E-state index < -0.39 is 0 Å². The molecule has 0 spiro atoms. The third kappa shape index (κ3) is 1.95. The van der Waals surface area contributed by atoms with Crippen molar-refractivity contribution in [3.05, 3.63) is 29.6 Å². The maximum Gasteiger partial charge on any atom is 0.294 e. The second kappa shape index (κ2) is 4.18. The molecule has 0 saturated carbocycles. The highest BCUT2D eigenvalue weighted by Gasteiger charge is 2.14. The average molecular weight is 220 g/mol. The molecule has 6 heteroatoms. The first-order valence-corrected chi connectivity index (χ1v) is 4.96. The third-order valence-corrected chi connectivity index (χ3v) is 2.21. The fourth-order valence-corrected chi connectivity index (χ4v) is 1.30. The van der Waals surface area contributed by atoms with Gasteiger partial charge in [-0.1, -0.05) is 6.92 Å². The number of nitrogens with one attached hydrogen (secondary N) is 2. The van der Waals surface area contributed by atoms with E-state index in [1.807, 2.05) is 6.92 Å². The van der Waals surface area contributed by atoms with E-state index in [1.54, 1.807) is 13.0 Å². The number of carbonyl (C=O) groups is 1. The molecule has 0 bridgehead atoms. The minimum atomic E-state index is -0.343. The first kappa shape index (κ1) is 10.4. The van der Waals surface area contributed by atoms with Gasteiger partial charge in [0.1, 0.15) is 0 Å². The van der Waals surface area contributed by atoms with Gasteiger partial charge < -0.3 is 9.73 Å². The van der Waals surface area contributed by atoms with Crippen molar-refractivity contribution in [1.29, 1.82) is 0 Å². The molecule has 0 aliphatic heterocycles. The Bertz CT molecular complexity index is 500. The Labute approximate surface area is 92.1 Å². The van der Waals surface area contributed by atoms with Crippen LogP contribution in [0.25, 0.3) is 0 Å². The van der Waals surface area contributed by atoms with Gasteiger partial charge in [0.15, 0.2) is 12.2 Å². The van der Waals surface area contributed by atoms with Crippen LogP contribution in [0.1, 0.15) is 28.9 Å². The molecule has 0 unspecified atom stereocenters. The van der Waals surface area contributed by atoms with Crippen molar-refractivity contribution < 1.29 is 9.21 Å². The van der Waals surface area contributed by atoms with Gasteiger partial charge in [0, 0.05) is 11.8 Å². The monoisotopic (exact) mass is 220 g/mol. The number of H-pyrrole nitrogens is 1. The fraction of sp³-hybridized carbons (Fsp3) is 0.300. The van der Waals surface area contributed by atoms with Crippen molar-refractivity contribution in [1.82, 2.24) is 15.2 Å². The van der Waals surface area contributed by atoms with Crippen LogP contribution in [0.4, 0.5) is 5.82 Å². The lowest BCUT2D eigenvalue weighted by molar-refractivity contribution is 0.0995. The Morgan fingerprint density at radius 2 is 2.44 bits per heavy atom. The Morgan fingerprint density at radius 3 is 3.00 bits per heavy atom. The number of anilines is 1. The van der Waals surface area contributed by atoms with Crippen LogP contribution < -0.4 is 5.32 Å².